The van der Waals surface area contributed by atoms with Crippen LogP contribution in [0.25, 0.3) is 5.52 Å². The van der Waals surface area contributed by atoms with E-state index in [1.807, 2.05) is 10.7 Å². The summed E-state index contributed by atoms with van der Waals surface area (Å²) in [5, 5.41) is 10.7. The number of carbonyl (C=O) groups is 1. The van der Waals surface area contributed by atoms with Gasteiger partial charge >= 0.3 is 0 Å². The molecular weight excluding hydrogens is 254 g/mol. The number of fused-ring (bicyclic) bond motifs is 1. The molecule has 1 fully saturated rings. The maximum absolute atomic E-state index is 11.3. The summed E-state index contributed by atoms with van der Waals surface area (Å²) < 4.78 is 1.83. The lowest BCUT2D eigenvalue weighted by atomic mass is 9.92. The lowest BCUT2D eigenvalue weighted by molar-refractivity contribution is -0.119. The van der Waals surface area contributed by atoms with E-state index in [1.165, 1.54) is 0 Å². The minimum atomic E-state index is -0.00578. The van der Waals surface area contributed by atoms with Gasteiger partial charge in [-0.05, 0) is 6.07 Å². The average Bonchev–Trinajstić information content (AvgIpc) is 2.95. The molecule has 0 saturated carbocycles. The second kappa shape index (κ2) is 4.47. The highest BCUT2D eigenvalue weighted by atomic mass is 16.1. The molecule has 1 amide bonds. The number of nitrogens with one attached hydrogen (secondary N) is 2. The first-order valence-electron chi connectivity index (χ1n) is 6.81. The highest BCUT2D eigenvalue weighted by molar-refractivity contribution is 5.80. The van der Waals surface area contributed by atoms with Gasteiger partial charge in [0.15, 0.2) is 5.82 Å². The molecule has 0 bridgehead atoms. The predicted molar refractivity (Wildman–Crippen MR) is 76.7 cm³/mol. The highest BCUT2D eigenvalue weighted by Crippen LogP contribution is 2.25. The molecule has 106 valence electrons. The Hall–Kier alpha value is -2.11. The Bertz CT molecular complexity index is 655. The number of nitrogens with zero attached hydrogens (tertiary/aromatic N) is 3. The molecule has 1 aliphatic heterocycles. The Balaban J connectivity index is 1.94. The Morgan fingerprint density at radius 1 is 1.45 bits per heavy atom. The van der Waals surface area contributed by atoms with E-state index in [4.69, 9.17) is 0 Å². The topological polar surface area (TPSA) is 71.3 Å². The Kier molecular flexibility index (Phi) is 2.88. The first-order valence-corrected chi connectivity index (χ1v) is 6.81. The van der Waals surface area contributed by atoms with Crippen LogP contribution in [0.4, 0.5) is 5.82 Å². The number of anilines is 1. The van der Waals surface area contributed by atoms with Crippen molar-refractivity contribution in [3.8, 4) is 0 Å². The molecule has 0 radical (unpaired) electrons. The third kappa shape index (κ3) is 2.33. The van der Waals surface area contributed by atoms with Crippen LogP contribution in [0.15, 0.2) is 18.5 Å². The van der Waals surface area contributed by atoms with Crippen molar-refractivity contribution < 1.29 is 4.79 Å². The number of hydrogen-bond acceptors (Lipinski definition) is 4. The largest absolute Gasteiger partial charge is 0.363 e. The summed E-state index contributed by atoms with van der Waals surface area (Å²) in [7, 11) is 0. The third-order valence-electron chi connectivity index (χ3n) is 3.48. The van der Waals surface area contributed by atoms with Crippen LogP contribution in [0.2, 0.25) is 0 Å². The van der Waals surface area contributed by atoms with Crippen LogP contribution in [-0.2, 0) is 10.2 Å². The van der Waals surface area contributed by atoms with Crippen LogP contribution in [0.1, 0.15) is 32.9 Å². The zero-order valence-corrected chi connectivity index (χ0v) is 12.0. The molecule has 0 spiro atoms. The predicted octanol–water partition coefficient (Wildman–Crippen LogP) is 1.33. The molecule has 3 rings (SSSR count). The Labute approximate surface area is 117 Å². The van der Waals surface area contributed by atoms with E-state index in [2.05, 4.69) is 47.6 Å². The molecule has 1 atom stereocenters. The van der Waals surface area contributed by atoms with Crippen molar-refractivity contribution in [2.45, 2.75) is 38.6 Å². The number of carbonyl (C=O) groups excluding carboxylic acids is 1. The van der Waals surface area contributed by atoms with Crippen molar-refractivity contribution in [1.82, 2.24) is 19.9 Å². The van der Waals surface area contributed by atoms with Crippen LogP contribution in [0, 0.1) is 0 Å². The van der Waals surface area contributed by atoms with E-state index < -0.39 is 0 Å². The van der Waals surface area contributed by atoms with Crippen molar-refractivity contribution in [1.29, 1.82) is 0 Å². The van der Waals surface area contributed by atoms with Crippen LogP contribution >= 0.6 is 0 Å². The third-order valence-corrected chi connectivity index (χ3v) is 3.48. The average molecular weight is 273 g/mol. The smallest absolute Gasteiger partial charge is 0.222 e. The van der Waals surface area contributed by atoms with E-state index in [1.54, 1.807) is 6.20 Å². The van der Waals surface area contributed by atoms with Crippen molar-refractivity contribution >= 4 is 17.2 Å². The van der Waals surface area contributed by atoms with Gasteiger partial charge in [0.25, 0.3) is 0 Å². The first kappa shape index (κ1) is 12.9. The number of rotatable bonds is 2. The van der Waals surface area contributed by atoms with Crippen LogP contribution in [0.5, 0.6) is 0 Å². The van der Waals surface area contributed by atoms with Gasteiger partial charge in [-0.15, -0.1) is 0 Å². The molecule has 0 aromatic carbocycles. The number of aromatic nitrogens is 3. The van der Waals surface area contributed by atoms with Gasteiger partial charge in [0, 0.05) is 30.8 Å². The highest BCUT2D eigenvalue weighted by Gasteiger charge is 2.23. The van der Waals surface area contributed by atoms with Gasteiger partial charge < -0.3 is 10.6 Å². The monoisotopic (exact) mass is 273 g/mol. The molecular formula is C14H19N5O. The minimum absolute atomic E-state index is 0.00578. The fraction of sp³-hybridized carbons (Fsp3) is 0.500. The molecule has 0 aliphatic carbocycles. The molecule has 6 nitrogen and oxygen atoms in total. The van der Waals surface area contributed by atoms with E-state index in [0.29, 0.717) is 13.0 Å². The summed E-state index contributed by atoms with van der Waals surface area (Å²) in [4.78, 5) is 15.6. The second-order valence-electron chi connectivity index (χ2n) is 6.23. The van der Waals surface area contributed by atoms with E-state index in [0.717, 1.165) is 17.0 Å². The fourth-order valence-electron chi connectivity index (χ4n) is 2.30. The van der Waals surface area contributed by atoms with E-state index >= 15 is 0 Å². The van der Waals surface area contributed by atoms with Gasteiger partial charge in [0.2, 0.25) is 5.91 Å². The van der Waals surface area contributed by atoms with Crippen molar-refractivity contribution in [2.75, 3.05) is 11.9 Å². The number of hydrogen-bond donors (Lipinski definition) is 2. The minimum Gasteiger partial charge on any atom is -0.363 e. The summed E-state index contributed by atoms with van der Waals surface area (Å²) >= 11 is 0. The molecule has 1 unspecified atom stereocenters. The van der Waals surface area contributed by atoms with Gasteiger partial charge in [0.1, 0.15) is 5.52 Å². The van der Waals surface area contributed by atoms with Crippen LogP contribution < -0.4 is 10.6 Å². The zero-order valence-electron chi connectivity index (χ0n) is 12.0. The van der Waals surface area contributed by atoms with Gasteiger partial charge in [-0.2, -0.15) is 5.10 Å². The van der Waals surface area contributed by atoms with Crippen molar-refractivity contribution in [2.24, 2.45) is 0 Å². The molecule has 6 heteroatoms. The van der Waals surface area contributed by atoms with Crippen LogP contribution in [0.3, 0.4) is 0 Å². The maximum Gasteiger partial charge on any atom is 0.222 e. The molecule has 2 aromatic heterocycles. The summed E-state index contributed by atoms with van der Waals surface area (Å²) in [6.45, 7) is 7.04. The molecule has 1 aliphatic rings. The summed E-state index contributed by atoms with van der Waals surface area (Å²) in [6.07, 6.45) is 4.05. The summed E-state index contributed by atoms with van der Waals surface area (Å²) in [5.41, 5.74) is 1.96. The number of amides is 1. The van der Waals surface area contributed by atoms with Gasteiger partial charge in [-0.25, -0.2) is 9.50 Å². The van der Waals surface area contributed by atoms with Crippen LogP contribution in [-0.4, -0.2) is 33.1 Å². The van der Waals surface area contributed by atoms with Crippen molar-refractivity contribution in [3.63, 3.8) is 0 Å². The molecule has 1 saturated heterocycles. The summed E-state index contributed by atoms with van der Waals surface area (Å²) in [6, 6.07) is 2.15. The zero-order chi connectivity index (χ0) is 14.3. The SMILES string of the molecule is CC(C)(C)c1cc2c(NC3CNC(=O)C3)nccn2n1. The molecule has 2 N–H and O–H groups in total. The van der Waals surface area contributed by atoms with E-state index in [-0.39, 0.29) is 17.4 Å². The Morgan fingerprint density at radius 3 is 2.90 bits per heavy atom. The quantitative estimate of drug-likeness (QED) is 0.866. The second-order valence-corrected chi connectivity index (χ2v) is 6.23. The lowest BCUT2D eigenvalue weighted by Crippen LogP contribution is -2.23. The first-order chi connectivity index (χ1) is 9.43. The molecule has 3 heterocycles. The molecule has 20 heavy (non-hydrogen) atoms. The van der Waals surface area contributed by atoms with Crippen molar-refractivity contribution in [3.05, 3.63) is 24.2 Å². The fourth-order valence-corrected chi connectivity index (χ4v) is 2.30. The van der Waals surface area contributed by atoms with Gasteiger partial charge in [0.05, 0.1) is 11.7 Å². The Morgan fingerprint density at radius 2 is 2.25 bits per heavy atom. The van der Waals surface area contributed by atoms with E-state index in [9.17, 15) is 4.79 Å². The van der Waals surface area contributed by atoms with Gasteiger partial charge in [-0.1, -0.05) is 20.8 Å². The maximum atomic E-state index is 11.3. The summed E-state index contributed by atoms with van der Waals surface area (Å²) in [5.74, 6) is 0.857. The standard InChI is InChI=1S/C14H19N5O/c1-14(2,3)11-7-10-13(15-4-5-19(10)18-11)17-9-6-12(20)16-8-9/h4-5,7,9H,6,8H2,1-3H3,(H,15,17)(H,16,20). The molecule has 2 aromatic rings. The normalized spacial score (nSPS) is 19.4. The van der Waals surface area contributed by atoms with Gasteiger partial charge in [-0.3, -0.25) is 4.79 Å². The lowest BCUT2D eigenvalue weighted by Gasteiger charge is -2.13.